The molecule has 2 amide bonds. The zero-order valence-electron chi connectivity index (χ0n) is 18.9. The summed E-state index contributed by atoms with van der Waals surface area (Å²) in [6.45, 7) is 3.16. The molecule has 2 atom stereocenters. The molecule has 1 aliphatic heterocycles. The average molecular weight is 447 g/mol. The molecule has 1 fully saturated rings. The van der Waals surface area contributed by atoms with Crippen LogP contribution in [0, 0.1) is 0 Å². The molecule has 1 saturated heterocycles. The first-order valence-electron chi connectivity index (χ1n) is 11.6. The maximum absolute atomic E-state index is 13.2. The van der Waals surface area contributed by atoms with Crippen LogP contribution in [0.1, 0.15) is 29.2 Å². The summed E-state index contributed by atoms with van der Waals surface area (Å²) in [5.41, 5.74) is 4.36. The number of likely N-dealkylation sites (tertiary alicyclic amines) is 1. The Balaban J connectivity index is 1.35. The first kappa shape index (κ1) is 21.6. The van der Waals surface area contributed by atoms with Crippen LogP contribution < -0.4 is 10.6 Å². The summed E-state index contributed by atoms with van der Waals surface area (Å²) in [4.78, 5) is 19.7. The fourth-order valence-electron chi connectivity index (χ4n) is 4.97. The minimum atomic E-state index is -0.195. The predicted molar refractivity (Wildman–Crippen MR) is 127 cm³/mol. The number of aromatic nitrogens is 3. The van der Waals surface area contributed by atoms with Crippen LogP contribution in [0.4, 0.5) is 10.6 Å². The number of benzene rings is 1. The van der Waals surface area contributed by atoms with Crippen molar-refractivity contribution in [3.05, 3.63) is 71.7 Å². The van der Waals surface area contributed by atoms with Gasteiger partial charge in [-0.1, -0.05) is 18.2 Å². The molecule has 172 valence electrons. The molecule has 1 aromatic carbocycles. The SMILES string of the molecule is COCCN1CC(NC(=O)Nc2c3c(nn2-c2ccccc2)CCC3)C(c2ccncc2)C1. The molecule has 2 aromatic heterocycles. The van der Waals surface area contributed by atoms with Crippen LogP contribution in [0.15, 0.2) is 54.9 Å². The molecule has 0 radical (unpaired) electrons. The number of carbonyl (C=O) groups is 1. The monoisotopic (exact) mass is 446 g/mol. The van der Waals surface area contributed by atoms with Crippen molar-refractivity contribution in [3.63, 3.8) is 0 Å². The van der Waals surface area contributed by atoms with E-state index < -0.39 is 0 Å². The van der Waals surface area contributed by atoms with E-state index in [9.17, 15) is 4.79 Å². The van der Waals surface area contributed by atoms with E-state index in [-0.39, 0.29) is 18.0 Å². The lowest BCUT2D eigenvalue weighted by Gasteiger charge is -2.21. The van der Waals surface area contributed by atoms with Gasteiger partial charge in [-0.05, 0) is 49.1 Å². The highest BCUT2D eigenvalue weighted by atomic mass is 16.5. The van der Waals surface area contributed by atoms with E-state index in [1.54, 1.807) is 7.11 Å². The van der Waals surface area contributed by atoms with Crippen molar-refractivity contribution in [1.82, 2.24) is 25.0 Å². The molecule has 3 heterocycles. The van der Waals surface area contributed by atoms with E-state index in [4.69, 9.17) is 9.84 Å². The Labute approximate surface area is 194 Å². The number of nitrogens with one attached hydrogen (secondary N) is 2. The number of urea groups is 1. The molecular weight excluding hydrogens is 416 g/mol. The lowest BCUT2D eigenvalue weighted by molar-refractivity contribution is 0.159. The normalized spacial score (nSPS) is 20.0. The molecule has 5 rings (SSSR count). The lowest BCUT2D eigenvalue weighted by atomic mass is 9.95. The summed E-state index contributed by atoms with van der Waals surface area (Å²) in [6.07, 6.45) is 6.58. The van der Waals surface area contributed by atoms with Gasteiger partial charge in [0.1, 0.15) is 5.82 Å². The average Bonchev–Trinajstić information content (AvgIpc) is 3.55. The van der Waals surface area contributed by atoms with Gasteiger partial charge in [0, 0.05) is 50.6 Å². The fraction of sp³-hybridized carbons (Fsp3) is 0.400. The van der Waals surface area contributed by atoms with Gasteiger partial charge in [-0.25, -0.2) is 9.48 Å². The summed E-state index contributed by atoms with van der Waals surface area (Å²) < 4.78 is 7.13. The van der Waals surface area contributed by atoms with Crippen molar-refractivity contribution in [2.45, 2.75) is 31.2 Å². The van der Waals surface area contributed by atoms with Gasteiger partial charge < -0.3 is 10.1 Å². The molecule has 2 N–H and O–H groups in total. The van der Waals surface area contributed by atoms with E-state index >= 15 is 0 Å². The second kappa shape index (κ2) is 9.72. The standard InChI is InChI=1S/C25H30N6O2/c1-33-15-14-30-16-21(18-10-12-26-13-11-18)23(17-30)27-25(32)28-24-20-8-5-9-22(20)29-31(24)19-6-3-2-4-7-19/h2-4,6-7,10-13,21,23H,5,8-9,14-17H2,1H3,(H2,27,28,32). The molecule has 3 aromatic rings. The topological polar surface area (TPSA) is 84.3 Å². The van der Waals surface area contributed by atoms with Crippen LogP contribution in [0.25, 0.3) is 5.69 Å². The molecule has 2 unspecified atom stereocenters. The summed E-state index contributed by atoms with van der Waals surface area (Å²) in [5.74, 6) is 0.973. The van der Waals surface area contributed by atoms with Gasteiger partial charge in [0.2, 0.25) is 0 Å². The number of nitrogens with zero attached hydrogens (tertiary/aromatic N) is 4. The van der Waals surface area contributed by atoms with Gasteiger partial charge in [-0.3, -0.25) is 15.2 Å². The maximum atomic E-state index is 13.2. The molecule has 0 spiro atoms. The Kier molecular flexibility index (Phi) is 6.37. The smallest absolute Gasteiger partial charge is 0.320 e. The van der Waals surface area contributed by atoms with Gasteiger partial charge in [0.15, 0.2) is 0 Å². The Morgan fingerprint density at radius 1 is 1.12 bits per heavy atom. The predicted octanol–water partition coefficient (Wildman–Crippen LogP) is 2.99. The van der Waals surface area contributed by atoms with Crippen LogP contribution in [-0.2, 0) is 17.6 Å². The Morgan fingerprint density at radius 2 is 1.94 bits per heavy atom. The first-order valence-corrected chi connectivity index (χ1v) is 11.6. The van der Waals surface area contributed by atoms with Gasteiger partial charge in [-0.2, -0.15) is 5.10 Å². The molecule has 1 aliphatic carbocycles. The minimum absolute atomic E-state index is 0.00889. The van der Waals surface area contributed by atoms with Crippen molar-refractivity contribution < 1.29 is 9.53 Å². The summed E-state index contributed by atoms with van der Waals surface area (Å²) >= 11 is 0. The number of pyridine rings is 1. The van der Waals surface area contributed by atoms with Crippen molar-refractivity contribution in [2.24, 2.45) is 0 Å². The van der Waals surface area contributed by atoms with E-state index in [1.807, 2.05) is 59.5 Å². The second-order valence-electron chi connectivity index (χ2n) is 8.72. The number of fused-ring (bicyclic) bond motifs is 1. The van der Waals surface area contributed by atoms with Crippen LogP contribution in [0.5, 0.6) is 0 Å². The molecule has 2 aliphatic rings. The fourth-order valence-corrected chi connectivity index (χ4v) is 4.97. The summed E-state index contributed by atoms with van der Waals surface area (Å²) in [6, 6.07) is 13.8. The van der Waals surface area contributed by atoms with Gasteiger partial charge >= 0.3 is 6.03 Å². The number of amides is 2. The molecule has 0 saturated carbocycles. The number of ether oxygens (including phenoxy) is 1. The Hall–Kier alpha value is -3.23. The van der Waals surface area contributed by atoms with Crippen molar-refractivity contribution in [2.75, 3.05) is 38.7 Å². The second-order valence-corrected chi connectivity index (χ2v) is 8.72. The number of hydrogen-bond acceptors (Lipinski definition) is 5. The summed E-state index contributed by atoms with van der Waals surface area (Å²) in [5, 5.41) is 11.2. The van der Waals surface area contributed by atoms with Gasteiger partial charge in [0.25, 0.3) is 0 Å². The third-order valence-corrected chi connectivity index (χ3v) is 6.60. The first-order chi connectivity index (χ1) is 16.2. The van der Waals surface area contributed by atoms with Crippen LogP contribution in [-0.4, -0.2) is 65.1 Å². The van der Waals surface area contributed by atoms with Gasteiger partial charge in [0.05, 0.1) is 24.0 Å². The van der Waals surface area contributed by atoms with Crippen molar-refractivity contribution in [3.8, 4) is 5.69 Å². The van der Waals surface area contributed by atoms with Crippen LogP contribution >= 0.6 is 0 Å². The molecule has 0 bridgehead atoms. The quantitative estimate of drug-likeness (QED) is 0.583. The van der Waals surface area contributed by atoms with E-state index in [2.05, 4.69) is 20.5 Å². The third kappa shape index (κ3) is 4.62. The number of carbonyl (C=O) groups excluding carboxylic acids is 1. The van der Waals surface area contributed by atoms with Crippen molar-refractivity contribution >= 4 is 11.8 Å². The van der Waals surface area contributed by atoms with E-state index in [0.29, 0.717) is 6.61 Å². The molecule has 8 nitrogen and oxygen atoms in total. The number of rotatable bonds is 7. The molecular formula is C25H30N6O2. The highest BCUT2D eigenvalue weighted by molar-refractivity contribution is 5.90. The highest BCUT2D eigenvalue weighted by Gasteiger charge is 2.35. The number of hydrogen-bond donors (Lipinski definition) is 2. The highest BCUT2D eigenvalue weighted by Crippen LogP contribution is 2.31. The zero-order valence-corrected chi connectivity index (χ0v) is 18.9. The van der Waals surface area contributed by atoms with Gasteiger partial charge in [-0.15, -0.1) is 0 Å². The molecule has 8 heteroatoms. The maximum Gasteiger partial charge on any atom is 0.320 e. The van der Waals surface area contributed by atoms with Crippen LogP contribution in [0.2, 0.25) is 0 Å². The summed E-state index contributed by atoms with van der Waals surface area (Å²) in [7, 11) is 1.72. The Morgan fingerprint density at radius 3 is 2.73 bits per heavy atom. The minimum Gasteiger partial charge on any atom is -0.383 e. The number of aryl methyl sites for hydroxylation is 1. The Bertz CT molecular complexity index is 1090. The van der Waals surface area contributed by atoms with E-state index in [1.165, 1.54) is 5.56 Å². The number of methoxy groups -OCH3 is 1. The van der Waals surface area contributed by atoms with Crippen LogP contribution in [0.3, 0.4) is 0 Å². The van der Waals surface area contributed by atoms with E-state index in [0.717, 1.165) is 61.7 Å². The molecule has 33 heavy (non-hydrogen) atoms. The third-order valence-electron chi connectivity index (χ3n) is 6.60. The number of anilines is 1. The van der Waals surface area contributed by atoms with Crippen molar-refractivity contribution in [1.29, 1.82) is 0 Å². The number of para-hydroxylation sites is 1. The largest absolute Gasteiger partial charge is 0.383 e. The zero-order chi connectivity index (χ0) is 22.6. The lowest BCUT2D eigenvalue weighted by Crippen LogP contribution is -2.42.